The third-order valence-corrected chi connectivity index (χ3v) is 4.73. The fraction of sp³-hybridized carbons (Fsp3) is 0.0588. The van der Waals surface area contributed by atoms with Crippen LogP contribution in [0.3, 0.4) is 0 Å². The van der Waals surface area contributed by atoms with E-state index < -0.39 is 0 Å². The summed E-state index contributed by atoms with van der Waals surface area (Å²) >= 11 is 23.3. The van der Waals surface area contributed by atoms with Crippen LogP contribution in [0.4, 0.5) is 4.79 Å². The van der Waals surface area contributed by atoms with Crippen molar-refractivity contribution in [2.75, 3.05) is 0 Å². The minimum absolute atomic E-state index is 0.272. The molecule has 0 aliphatic carbocycles. The first-order valence-corrected chi connectivity index (χ1v) is 8.52. The lowest BCUT2D eigenvalue weighted by Crippen LogP contribution is -2.29. The van der Waals surface area contributed by atoms with E-state index in [-0.39, 0.29) is 6.03 Å². The number of urea groups is 1. The first kappa shape index (κ1) is 17.2. The molecule has 3 nitrogen and oxygen atoms in total. The number of carbonyl (C=O) groups excluding carboxylic acids is 1. The molecule has 1 N–H and O–H groups in total. The molecule has 2 amide bonds. The fourth-order valence-corrected chi connectivity index (χ4v) is 3.11. The number of halogens is 3. The molecule has 0 aromatic heterocycles. The summed E-state index contributed by atoms with van der Waals surface area (Å²) in [6.45, 7) is 0.369. The maximum atomic E-state index is 12.2. The highest BCUT2D eigenvalue weighted by Gasteiger charge is 2.30. The highest BCUT2D eigenvalue weighted by atomic mass is 35.5. The van der Waals surface area contributed by atoms with Crippen molar-refractivity contribution in [3.05, 3.63) is 74.4 Å². The van der Waals surface area contributed by atoms with Crippen molar-refractivity contribution < 1.29 is 4.79 Å². The van der Waals surface area contributed by atoms with Crippen LogP contribution in [-0.4, -0.2) is 15.9 Å². The number of benzene rings is 2. The smallest absolute Gasteiger partial charge is 0.305 e. The maximum Gasteiger partial charge on any atom is 0.327 e. The molecule has 1 fully saturated rings. The molecule has 2 aromatic carbocycles. The molecule has 1 saturated heterocycles. The second-order valence-corrected chi connectivity index (χ2v) is 6.84. The van der Waals surface area contributed by atoms with Gasteiger partial charge in [0.2, 0.25) is 0 Å². The van der Waals surface area contributed by atoms with Gasteiger partial charge in [0, 0.05) is 15.1 Å². The fourth-order valence-electron chi connectivity index (χ4n) is 2.26. The Morgan fingerprint density at radius 1 is 1.04 bits per heavy atom. The van der Waals surface area contributed by atoms with Crippen LogP contribution in [0.25, 0.3) is 6.08 Å². The number of carbonyl (C=O) groups is 1. The van der Waals surface area contributed by atoms with Crippen molar-refractivity contribution in [2.45, 2.75) is 6.54 Å². The van der Waals surface area contributed by atoms with Crippen molar-refractivity contribution >= 4 is 64.1 Å². The van der Waals surface area contributed by atoms with Crippen molar-refractivity contribution in [2.24, 2.45) is 0 Å². The highest BCUT2D eigenvalue weighted by molar-refractivity contribution is 7.80. The van der Waals surface area contributed by atoms with E-state index in [0.29, 0.717) is 32.3 Å². The lowest BCUT2D eigenvalue weighted by atomic mass is 10.2. The van der Waals surface area contributed by atoms with Crippen LogP contribution >= 0.6 is 47.0 Å². The van der Waals surface area contributed by atoms with Crippen molar-refractivity contribution in [1.29, 1.82) is 0 Å². The maximum absolute atomic E-state index is 12.2. The topological polar surface area (TPSA) is 32.3 Å². The summed E-state index contributed by atoms with van der Waals surface area (Å²) in [6, 6.07) is 12.1. The molecule has 0 bridgehead atoms. The number of nitrogens with zero attached hydrogens (tertiary/aromatic N) is 1. The number of hydrogen-bond acceptors (Lipinski definition) is 2. The molecule has 7 heteroatoms. The Hall–Kier alpha value is -1.59. The van der Waals surface area contributed by atoms with Crippen LogP contribution in [0.5, 0.6) is 0 Å². The van der Waals surface area contributed by atoms with Gasteiger partial charge in [0.25, 0.3) is 0 Å². The summed E-state index contributed by atoms with van der Waals surface area (Å²) in [5, 5.41) is 4.44. The third kappa shape index (κ3) is 3.73. The van der Waals surface area contributed by atoms with E-state index in [2.05, 4.69) is 5.32 Å². The van der Waals surface area contributed by atoms with Gasteiger partial charge in [-0.1, -0.05) is 65.2 Å². The minimum Gasteiger partial charge on any atom is -0.305 e. The molecule has 1 aliphatic heterocycles. The van der Waals surface area contributed by atoms with E-state index in [1.165, 1.54) is 4.90 Å². The van der Waals surface area contributed by atoms with Gasteiger partial charge < -0.3 is 5.32 Å². The monoisotopic (exact) mass is 396 g/mol. The van der Waals surface area contributed by atoms with E-state index in [9.17, 15) is 4.79 Å². The SMILES string of the molecule is O=C1N/C(=C\c2ccc(Cl)cc2Cl)C(=S)N1Cc1ccc(Cl)cc1. The number of hydrogen-bond donors (Lipinski definition) is 1. The van der Waals surface area contributed by atoms with Gasteiger partial charge >= 0.3 is 6.03 Å². The summed E-state index contributed by atoms with van der Waals surface area (Å²) in [5.41, 5.74) is 2.20. The van der Waals surface area contributed by atoms with Crippen LogP contribution in [0.2, 0.25) is 15.1 Å². The van der Waals surface area contributed by atoms with Gasteiger partial charge in [-0.15, -0.1) is 0 Å². The molecular weight excluding hydrogens is 387 g/mol. The molecule has 3 rings (SSSR count). The van der Waals surface area contributed by atoms with Crippen molar-refractivity contribution in [3.8, 4) is 0 Å². The van der Waals surface area contributed by atoms with E-state index in [4.69, 9.17) is 47.0 Å². The third-order valence-electron chi connectivity index (χ3n) is 3.48. The quantitative estimate of drug-likeness (QED) is 0.545. The van der Waals surface area contributed by atoms with Crippen LogP contribution in [0, 0.1) is 0 Å². The van der Waals surface area contributed by atoms with Gasteiger partial charge in [-0.2, -0.15) is 0 Å². The van der Waals surface area contributed by atoms with Gasteiger partial charge in [0.05, 0.1) is 12.2 Å². The average molecular weight is 398 g/mol. The van der Waals surface area contributed by atoms with Gasteiger partial charge in [-0.05, 0) is 41.5 Å². The first-order valence-electron chi connectivity index (χ1n) is 6.98. The molecular formula is C17H11Cl3N2OS. The molecule has 0 radical (unpaired) electrons. The molecule has 1 aliphatic rings. The number of amides is 2. The zero-order valence-corrected chi connectivity index (χ0v) is 15.3. The Kier molecular flexibility index (Phi) is 5.11. The minimum atomic E-state index is -0.272. The van der Waals surface area contributed by atoms with Crippen molar-refractivity contribution in [3.63, 3.8) is 0 Å². The van der Waals surface area contributed by atoms with E-state index >= 15 is 0 Å². The number of nitrogens with one attached hydrogen (secondary N) is 1. The predicted molar refractivity (Wildman–Crippen MR) is 103 cm³/mol. The van der Waals surface area contributed by atoms with Crippen LogP contribution in [-0.2, 0) is 6.54 Å². The summed E-state index contributed by atoms with van der Waals surface area (Å²) < 4.78 is 0. The van der Waals surface area contributed by atoms with Crippen molar-refractivity contribution in [1.82, 2.24) is 10.2 Å². The zero-order chi connectivity index (χ0) is 17.3. The molecule has 0 saturated carbocycles. The molecule has 2 aromatic rings. The normalized spacial score (nSPS) is 16.0. The second-order valence-electron chi connectivity index (χ2n) is 5.17. The van der Waals surface area contributed by atoms with Crippen LogP contribution in [0.15, 0.2) is 48.2 Å². The Morgan fingerprint density at radius 2 is 1.71 bits per heavy atom. The Morgan fingerprint density at radius 3 is 2.38 bits per heavy atom. The average Bonchev–Trinajstić information content (AvgIpc) is 2.80. The Bertz CT molecular complexity index is 849. The standard InChI is InChI=1S/C17H11Cl3N2OS/c18-12-4-1-10(2-5-12)9-22-16(24)15(21-17(22)23)7-11-3-6-13(19)8-14(11)20/h1-8H,9H2,(H,21,23)/b15-7-. The lowest BCUT2D eigenvalue weighted by Gasteiger charge is -2.14. The molecule has 24 heavy (non-hydrogen) atoms. The number of rotatable bonds is 3. The van der Waals surface area contributed by atoms with Gasteiger partial charge in [-0.25, -0.2) is 4.79 Å². The second kappa shape index (κ2) is 7.11. The zero-order valence-electron chi connectivity index (χ0n) is 12.2. The molecule has 122 valence electrons. The largest absolute Gasteiger partial charge is 0.327 e. The van der Waals surface area contributed by atoms with Gasteiger partial charge in [0.15, 0.2) is 0 Å². The molecule has 0 unspecified atom stereocenters. The Labute approximate surface area is 159 Å². The van der Waals surface area contributed by atoms with Gasteiger partial charge in [0.1, 0.15) is 4.99 Å². The summed E-state index contributed by atoms with van der Waals surface area (Å²) in [7, 11) is 0. The first-order chi connectivity index (χ1) is 11.4. The van der Waals surface area contributed by atoms with E-state index in [0.717, 1.165) is 11.1 Å². The van der Waals surface area contributed by atoms with Gasteiger partial charge in [-0.3, -0.25) is 4.90 Å². The summed E-state index contributed by atoms with van der Waals surface area (Å²) in [6.07, 6.45) is 1.74. The summed E-state index contributed by atoms with van der Waals surface area (Å²) in [5.74, 6) is 0. The van der Waals surface area contributed by atoms with E-state index in [1.54, 1.807) is 36.4 Å². The van der Waals surface area contributed by atoms with E-state index in [1.807, 2.05) is 12.1 Å². The molecule has 1 heterocycles. The van der Waals surface area contributed by atoms with Crippen LogP contribution in [0.1, 0.15) is 11.1 Å². The molecule has 0 spiro atoms. The Balaban J connectivity index is 1.83. The highest BCUT2D eigenvalue weighted by Crippen LogP contribution is 2.25. The summed E-state index contributed by atoms with van der Waals surface area (Å²) in [4.78, 5) is 14.1. The lowest BCUT2D eigenvalue weighted by molar-refractivity contribution is 0.228. The molecule has 0 atom stereocenters. The number of thiocarbonyl (C=S) groups is 1. The predicted octanol–water partition coefficient (Wildman–Crippen LogP) is 5.54. The van der Waals surface area contributed by atoms with Crippen LogP contribution < -0.4 is 5.32 Å².